The van der Waals surface area contributed by atoms with Crippen LogP contribution < -0.4 is 0 Å². The maximum absolute atomic E-state index is 13.6. The van der Waals surface area contributed by atoms with Crippen molar-refractivity contribution in [3.05, 3.63) is 83.7 Å². The van der Waals surface area contributed by atoms with Crippen LogP contribution in [-0.4, -0.2) is 52.1 Å². The van der Waals surface area contributed by atoms with Crippen LogP contribution in [0.5, 0.6) is 0 Å². The molecule has 0 saturated heterocycles. The van der Waals surface area contributed by atoms with Gasteiger partial charge in [-0.05, 0) is 60.5 Å². The molecule has 0 saturated carbocycles. The molecule has 0 radical (unpaired) electrons. The number of amides is 1. The van der Waals surface area contributed by atoms with Gasteiger partial charge in [-0.15, -0.1) is 5.10 Å². The van der Waals surface area contributed by atoms with Gasteiger partial charge in [-0.1, -0.05) is 6.07 Å². The first-order chi connectivity index (χ1) is 18.6. The number of rotatable bonds is 7. The van der Waals surface area contributed by atoms with Crippen LogP contribution in [-0.2, 0) is 28.7 Å². The summed E-state index contributed by atoms with van der Waals surface area (Å²) in [6.45, 7) is -0.193. The van der Waals surface area contributed by atoms with Crippen molar-refractivity contribution in [3.8, 4) is 5.69 Å². The summed E-state index contributed by atoms with van der Waals surface area (Å²) in [4.78, 5) is 18.6. The molecule has 0 aliphatic carbocycles. The monoisotopic (exact) mass is 556 g/mol. The first kappa shape index (κ1) is 26.5. The molecule has 1 N–H and O–H groups in total. The second-order valence-electron chi connectivity index (χ2n) is 8.93. The highest BCUT2D eigenvalue weighted by molar-refractivity contribution is 7.93. The van der Waals surface area contributed by atoms with Crippen molar-refractivity contribution in [2.24, 2.45) is 11.4 Å². The van der Waals surface area contributed by atoms with Crippen molar-refractivity contribution >= 4 is 37.7 Å². The highest BCUT2D eigenvalue weighted by Crippen LogP contribution is 2.33. The van der Waals surface area contributed by atoms with Crippen LogP contribution in [0.25, 0.3) is 27.8 Å². The topological polar surface area (TPSA) is 115 Å². The zero-order chi connectivity index (χ0) is 27.8. The first-order valence-corrected chi connectivity index (χ1v) is 13.7. The Morgan fingerprint density at radius 3 is 2.54 bits per heavy atom. The average Bonchev–Trinajstić information content (AvgIpc) is 3.42. The van der Waals surface area contributed by atoms with Crippen LogP contribution in [0.3, 0.4) is 0 Å². The maximum atomic E-state index is 13.6. The number of halogens is 3. The molecule has 13 heteroatoms. The number of fused-ring (bicyclic) bond motifs is 3. The van der Waals surface area contributed by atoms with Crippen LogP contribution in [0, 0.1) is 0 Å². The van der Waals surface area contributed by atoms with E-state index < -0.39 is 27.4 Å². The molecule has 3 heterocycles. The number of hydrogen-bond donors (Lipinski definition) is 1. The van der Waals surface area contributed by atoms with E-state index in [1.807, 2.05) is 0 Å². The predicted molar refractivity (Wildman–Crippen MR) is 140 cm³/mol. The van der Waals surface area contributed by atoms with Gasteiger partial charge >= 0.3 is 6.18 Å². The third-order valence-electron chi connectivity index (χ3n) is 6.09. The van der Waals surface area contributed by atoms with Gasteiger partial charge in [-0.3, -0.25) is 14.3 Å². The van der Waals surface area contributed by atoms with Crippen LogP contribution in [0.15, 0.2) is 71.4 Å². The smallest absolute Gasteiger partial charge is 0.396 e. The summed E-state index contributed by atoms with van der Waals surface area (Å²) in [5.74, 6) is -0.651. The molecule has 39 heavy (non-hydrogen) atoms. The number of aliphatic hydroxyl groups excluding tert-OH is 1. The van der Waals surface area contributed by atoms with E-state index in [1.165, 1.54) is 23.0 Å². The Morgan fingerprint density at radius 1 is 1.10 bits per heavy atom. The SMILES string of the molecule is Cn1nc2c3cc(C(=O)N=[S@@](=O)(CCCO)Cc4cccnc4)ccc3n(-c3ccc(C(F)(F)F)cc3)c2n1. The van der Waals surface area contributed by atoms with Crippen molar-refractivity contribution in [1.29, 1.82) is 0 Å². The molecule has 0 unspecified atom stereocenters. The zero-order valence-corrected chi connectivity index (χ0v) is 21.5. The largest absolute Gasteiger partial charge is 0.416 e. The Bertz CT molecular complexity index is 1790. The van der Waals surface area contributed by atoms with Crippen LogP contribution in [0.1, 0.15) is 27.9 Å². The number of nitrogens with zero attached hydrogens (tertiary/aromatic N) is 6. The van der Waals surface area contributed by atoms with E-state index in [1.54, 1.807) is 48.3 Å². The van der Waals surface area contributed by atoms with Gasteiger partial charge in [0, 0.05) is 48.4 Å². The molecule has 1 atom stereocenters. The van der Waals surface area contributed by atoms with Gasteiger partial charge in [0.15, 0.2) is 5.65 Å². The van der Waals surface area contributed by atoms with E-state index in [2.05, 4.69) is 19.5 Å². The summed E-state index contributed by atoms with van der Waals surface area (Å²) in [6, 6.07) is 12.8. The summed E-state index contributed by atoms with van der Waals surface area (Å²) in [7, 11) is -1.44. The third kappa shape index (κ3) is 5.40. The molecular formula is C26H23F3N6O3S. The molecule has 0 bridgehead atoms. The quantitative estimate of drug-likeness (QED) is 0.315. The minimum Gasteiger partial charge on any atom is -0.396 e. The molecule has 5 aromatic rings. The van der Waals surface area contributed by atoms with Gasteiger partial charge in [0.1, 0.15) is 5.52 Å². The number of pyridine rings is 1. The number of benzene rings is 2. The minimum absolute atomic E-state index is 0.00747. The molecule has 1 amide bonds. The van der Waals surface area contributed by atoms with E-state index in [4.69, 9.17) is 0 Å². The summed E-state index contributed by atoms with van der Waals surface area (Å²) in [5.41, 5.74) is 1.91. The van der Waals surface area contributed by atoms with Gasteiger partial charge in [0.2, 0.25) is 0 Å². The lowest BCUT2D eigenvalue weighted by atomic mass is 10.1. The van der Waals surface area contributed by atoms with Crippen molar-refractivity contribution in [2.45, 2.75) is 18.3 Å². The summed E-state index contributed by atoms with van der Waals surface area (Å²) >= 11 is 0. The minimum atomic E-state index is -4.47. The van der Waals surface area contributed by atoms with Crippen molar-refractivity contribution in [1.82, 2.24) is 24.5 Å². The normalized spacial score (nSPS) is 13.6. The molecule has 9 nitrogen and oxygen atoms in total. The van der Waals surface area contributed by atoms with Crippen LogP contribution >= 0.6 is 0 Å². The highest BCUT2D eigenvalue weighted by Gasteiger charge is 2.30. The van der Waals surface area contributed by atoms with Crippen molar-refractivity contribution in [3.63, 3.8) is 0 Å². The van der Waals surface area contributed by atoms with E-state index in [0.29, 0.717) is 33.3 Å². The number of alkyl halides is 3. The number of aliphatic hydroxyl groups is 1. The molecule has 0 aliphatic rings. The van der Waals surface area contributed by atoms with Crippen molar-refractivity contribution < 1.29 is 27.3 Å². The molecule has 0 aliphatic heterocycles. The number of carbonyl (C=O) groups excluding carboxylic acids is 1. The Hall–Kier alpha value is -4.10. The lowest BCUT2D eigenvalue weighted by molar-refractivity contribution is -0.137. The fraction of sp³-hybridized carbons (Fsp3) is 0.231. The van der Waals surface area contributed by atoms with E-state index in [0.717, 1.165) is 12.1 Å². The Kier molecular flexibility index (Phi) is 6.95. The molecule has 0 spiro atoms. The lowest BCUT2D eigenvalue weighted by Crippen LogP contribution is -2.13. The fourth-order valence-corrected chi connectivity index (χ4v) is 6.32. The zero-order valence-electron chi connectivity index (χ0n) is 20.7. The molecule has 0 fully saturated rings. The predicted octanol–water partition coefficient (Wildman–Crippen LogP) is 4.52. The van der Waals surface area contributed by atoms with Gasteiger partial charge in [0.05, 0.1) is 26.6 Å². The maximum Gasteiger partial charge on any atom is 0.416 e. The Balaban J connectivity index is 1.58. The van der Waals surface area contributed by atoms with Crippen LogP contribution in [0.2, 0.25) is 0 Å². The molecule has 3 aromatic heterocycles. The van der Waals surface area contributed by atoms with Crippen molar-refractivity contribution in [2.75, 3.05) is 12.4 Å². The van der Waals surface area contributed by atoms with Gasteiger partial charge < -0.3 is 5.11 Å². The number of aromatic nitrogens is 5. The summed E-state index contributed by atoms with van der Waals surface area (Å²) < 4.78 is 58.7. The Labute approximate surface area is 221 Å². The number of hydrogen-bond acceptors (Lipinski definition) is 6. The van der Waals surface area contributed by atoms with E-state index in [-0.39, 0.29) is 30.1 Å². The molecule has 5 rings (SSSR count). The first-order valence-electron chi connectivity index (χ1n) is 11.9. The van der Waals surface area contributed by atoms with Gasteiger partial charge in [0.25, 0.3) is 5.91 Å². The Morgan fingerprint density at radius 2 is 1.87 bits per heavy atom. The van der Waals surface area contributed by atoms with Crippen LogP contribution in [0.4, 0.5) is 13.2 Å². The second kappa shape index (κ2) is 10.2. The van der Waals surface area contributed by atoms with Gasteiger partial charge in [-0.2, -0.15) is 27.4 Å². The third-order valence-corrected chi connectivity index (χ3v) is 8.30. The van der Waals surface area contributed by atoms with E-state index in [9.17, 15) is 27.3 Å². The molecular weight excluding hydrogens is 533 g/mol. The fourth-order valence-electron chi connectivity index (χ4n) is 4.34. The number of aryl methyl sites for hydroxylation is 1. The lowest BCUT2D eigenvalue weighted by Gasteiger charge is -2.10. The number of carbonyl (C=O) groups is 1. The highest BCUT2D eigenvalue weighted by atomic mass is 32.2. The second-order valence-corrected chi connectivity index (χ2v) is 11.4. The summed E-state index contributed by atoms with van der Waals surface area (Å²) in [6.07, 6.45) is -1.12. The molecule has 202 valence electrons. The standard InChI is InChI=1S/C26H23F3N6O3S/c1-34-31-23-21-14-18(25(37)33-39(38,13-3-12-36)16-17-4-2-11-30-15-17)5-10-22(21)35(24(23)32-34)20-8-6-19(7-9-20)26(27,28)29/h2,4-11,14-15,36H,3,12-13,16H2,1H3/t39-/m1/s1. The van der Waals surface area contributed by atoms with E-state index >= 15 is 0 Å². The average molecular weight is 557 g/mol. The summed E-state index contributed by atoms with van der Waals surface area (Å²) in [5, 5.41) is 18.6. The molecule has 2 aromatic carbocycles. The van der Waals surface area contributed by atoms with Gasteiger partial charge in [-0.25, -0.2) is 4.21 Å².